The van der Waals surface area contributed by atoms with Gasteiger partial charge in [-0.2, -0.15) is 0 Å². The summed E-state index contributed by atoms with van der Waals surface area (Å²) in [6.45, 7) is 1.01. The Morgan fingerprint density at radius 2 is 1.89 bits per heavy atom. The highest BCUT2D eigenvalue weighted by molar-refractivity contribution is 7.12. The van der Waals surface area contributed by atoms with Crippen LogP contribution in [-0.4, -0.2) is 46.3 Å². The standard InChI is InChI=1S/C19H18ClN3O3S/c20-14-5-2-1-4-13(14)12-23-17(25)19(21-18(23)26)7-9-22(10-8-19)16(24)15-6-3-11-27-15/h1-6,11H,7-10,12H2,(H,21,26). The van der Waals surface area contributed by atoms with Gasteiger partial charge in [0.15, 0.2) is 0 Å². The molecule has 2 fully saturated rings. The Kier molecular flexibility index (Phi) is 4.65. The van der Waals surface area contributed by atoms with Gasteiger partial charge in [-0.25, -0.2) is 4.79 Å². The zero-order valence-electron chi connectivity index (χ0n) is 14.5. The fourth-order valence-corrected chi connectivity index (χ4v) is 4.49. The van der Waals surface area contributed by atoms with Gasteiger partial charge in [-0.3, -0.25) is 14.5 Å². The molecule has 0 atom stereocenters. The number of rotatable bonds is 3. The number of thiophene rings is 1. The molecule has 0 radical (unpaired) electrons. The molecule has 1 spiro atoms. The van der Waals surface area contributed by atoms with Gasteiger partial charge >= 0.3 is 6.03 Å². The minimum absolute atomic E-state index is 0.0236. The molecule has 1 N–H and O–H groups in total. The molecule has 0 unspecified atom stereocenters. The number of halogens is 1. The first-order chi connectivity index (χ1) is 13.0. The van der Waals surface area contributed by atoms with Crippen molar-refractivity contribution >= 4 is 40.8 Å². The number of hydrogen-bond acceptors (Lipinski definition) is 4. The van der Waals surface area contributed by atoms with Gasteiger partial charge < -0.3 is 10.2 Å². The summed E-state index contributed by atoms with van der Waals surface area (Å²) in [7, 11) is 0. The maximum atomic E-state index is 13.0. The third-order valence-electron chi connectivity index (χ3n) is 5.17. The number of hydrogen-bond donors (Lipinski definition) is 1. The molecule has 4 amide bonds. The van der Waals surface area contributed by atoms with Gasteiger partial charge in [0.25, 0.3) is 11.8 Å². The van der Waals surface area contributed by atoms with E-state index in [2.05, 4.69) is 5.32 Å². The highest BCUT2D eigenvalue weighted by atomic mass is 35.5. The van der Waals surface area contributed by atoms with E-state index in [1.54, 1.807) is 29.2 Å². The van der Waals surface area contributed by atoms with Crippen LogP contribution in [0, 0.1) is 0 Å². The summed E-state index contributed by atoms with van der Waals surface area (Å²) < 4.78 is 0. The van der Waals surface area contributed by atoms with Crippen LogP contribution in [0.15, 0.2) is 41.8 Å². The van der Waals surface area contributed by atoms with E-state index in [0.29, 0.717) is 35.8 Å². The van der Waals surface area contributed by atoms with Crippen molar-refractivity contribution < 1.29 is 14.4 Å². The van der Waals surface area contributed by atoms with Crippen molar-refractivity contribution in [2.24, 2.45) is 0 Å². The Morgan fingerprint density at radius 1 is 1.15 bits per heavy atom. The molecule has 1 aromatic heterocycles. The molecule has 27 heavy (non-hydrogen) atoms. The van der Waals surface area contributed by atoms with Crippen LogP contribution in [0.2, 0.25) is 5.02 Å². The van der Waals surface area contributed by atoms with E-state index in [-0.39, 0.29) is 18.4 Å². The number of benzene rings is 1. The SMILES string of the molecule is O=C(c1cccs1)N1CCC2(CC1)NC(=O)N(Cc1ccccc1Cl)C2=O. The van der Waals surface area contributed by atoms with Crippen LogP contribution in [0.5, 0.6) is 0 Å². The summed E-state index contributed by atoms with van der Waals surface area (Å²) in [4.78, 5) is 41.6. The van der Waals surface area contributed by atoms with Crippen molar-refractivity contribution in [3.8, 4) is 0 Å². The molecule has 1 aromatic carbocycles. The minimum atomic E-state index is -0.926. The van der Waals surface area contributed by atoms with E-state index < -0.39 is 11.6 Å². The Bertz CT molecular complexity index is 891. The van der Waals surface area contributed by atoms with Gasteiger partial charge in [-0.1, -0.05) is 35.9 Å². The van der Waals surface area contributed by atoms with Crippen molar-refractivity contribution in [1.29, 1.82) is 0 Å². The molecule has 2 saturated heterocycles. The molecule has 4 rings (SSSR count). The largest absolute Gasteiger partial charge is 0.338 e. The highest BCUT2D eigenvalue weighted by Gasteiger charge is 2.52. The number of urea groups is 1. The molecule has 2 aromatic rings. The number of carbonyl (C=O) groups excluding carboxylic acids is 3. The zero-order chi connectivity index (χ0) is 19.0. The van der Waals surface area contributed by atoms with E-state index in [0.717, 1.165) is 5.56 Å². The lowest BCUT2D eigenvalue weighted by atomic mass is 9.87. The van der Waals surface area contributed by atoms with E-state index in [4.69, 9.17) is 11.6 Å². The van der Waals surface area contributed by atoms with Crippen LogP contribution in [0.3, 0.4) is 0 Å². The maximum Gasteiger partial charge on any atom is 0.325 e. The number of amides is 4. The predicted molar refractivity (Wildman–Crippen MR) is 103 cm³/mol. The van der Waals surface area contributed by atoms with E-state index in [1.807, 2.05) is 17.5 Å². The van der Waals surface area contributed by atoms with Gasteiger partial charge in [-0.15, -0.1) is 11.3 Å². The topological polar surface area (TPSA) is 69.7 Å². The average molecular weight is 404 g/mol. The Hall–Kier alpha value is -2.38. The zero-order valence-corrected chi connectivity index (χ0v) is 16.1. The Labute approximate surface area is 165 Å². The number of nitrogens with zero attached hydrogens (tertiary/aromatic N) is 2. The highest BCUT2D eigenvalue weighted by Crippen LogP contribution is 2.32. The fraction of sp³-hybridized carbons (Fsp3) is 0.316. The second kappa shape index (κ2) is 6.98. The summed E-state index contributed by atoms with van der Waals surface area (Å²) in [5, 5.41) is 5.25. The average Bonchev–Trinajstić information content (AvgIpc) is 3.27. The summed E-state index contributed by atoms with van der Waals surface area (Å²) in [6, 6.07) is 10.4. The summed E-state index contributed by atoms with van der Waals surface area (Å²) in [6.07, 6.45) is 0.821. The number of piperidine rings is 1. The van der Waals surface area contributed by atoms with Crippen molar-refractivity contribution in [2.75, 3.05) is 13.1 Å². The number of likely N-dealkylation sites (tertiary alicyclic amines) is 1. The Balaban J connectivity index is 1.46. The molecular weight excluding hydrogens is 386 g/mol. The van der Waals surface area contributed by atoms with Gasteiger partial charge in [-0.05, 0) is 35.9 Å². The van der Waals surface area contributed by atoms with Crippen LogP contribution in [0.4, 0.5) is 4.79 Å². The van der Waals surface area contributed by atoms with Crippen molar-refractivity contribution in [1.82, 2.24) is 15.1 Å². The maximum absolute atomic E-state index is 13.0. The van der Waals surface area contributed by atoms with Gasteiger partial charge in [0.2, 0.25) is 0 Å². The summed E-state index contributed by atoms with van der Waals surface area (Å²) >= 11 is 7.57. The predicted octanol–water partition coefficient (Wildman–Crippen LogP) is 3.13. The first-order valence-corrected chi connectivity index (χ1v) is 9.96. The number of nitrogens with one attached hydrogen (secondary N) is 1. The summed E-state index contributed by atoms with van der Waals surface area (Å²) in [5.74, 6) is -0.264. The third-order valence-corrected chi connectivity index (χ3v) is 6.39. The Morgan fingerprint density at radius 3 is 2.56 bits per heavy atom. The second-order valence-electron chi connectivity index (χ2n) is 6.76. The molecule has 2 aliphatic rings. The van der Waals surface area contributed by atoms with E-state index in [1.165, 1.54) is 16.2 Å². The number of imide groups is 1. The summed E-state index contributed by atoms with van der Waals surface area (Å²) in [5.41, 5.74) is -0.199. The second-order valence-corrected chi connectivity index (χ2v) is 8.12. The van der Waals surface area contributed by atoms with Gasteiger partial charge in [0.1, 0.15) is 5.54 Å². The van der Waals surface area contributed by atoms with E-state index in [9.17, 15) is 14.4 Å². The molecule has 0 aliphatic carbocycles. The number of carbonyl (C=O) groups is 3. The lowest BCUT2D eigenvalue weighted by molar-refractivity contribution is -0.133. The minimum Gasteiger partial charge on any atom is -0.338 e. The smallest absolute Gasteiger partial charge is 0.325 e. The lowest BCUT2D eigenvalue weighted by Gasteiger charge is -2.37. The van der Waals surface area contributed by atoms with Crippen molar-refractivity contribution in [3.05, 3.63) is 57.2 Å². The normalized spacial score (nSPS) is 18.9. The monoisotopic (exact) mass is 403 g/mol. The molecule has 140 valence electrons. The van der Waals surface area contributed by atoms with Crippen LogP contribution in [0.1, 0.15) is 28.1 Å². The molecule has 0 bridgehead atoms. The molecule has 0 saturated carbocycles. The van der Waals surface area contributed by atoms with Crippen molar-refractivity contribution in [3.63, 3.8) is 0 Å². The fourth-order valence-electron chi connectivity index (χ4n) is 3.60. The molecule has 3 heterocycles. The molecular formula is C19H18ClN3O3S. The van der Waals surface area contributed by atoms with Gasteiger partial charge in [0, 0.05) is 18.1 Å². The molecule has 6 nitrogen and oxygen atoms in total. The molecule has 8 heteroatoms. The van der Waals surface area contributed by atoms with Crippen LogP contribution in [0.25, 0.3) is 0 Å². The molecule has 2 aliphatic heterocycles. The van der Waals surface area contributed by atoms with Crippen LogP contribution < -0.4 is 5.32 Å². The van der Waals surface area contributed by atoms with Crippen molar-refractivity contribution in [2.45, 2.75) is 24.9 Å². The van der Waals surface area contributed by atoms with E-state index >= 15 is 0 Å². The van der Waals surface area contributed by atoms with Gasteiger partial charge in [0.05, 0.1) is 11.4 Å². The third kappa shape index (κ3) is 3.21. The van der Waals surface area contributed by atoms with Crippen LogP contribution >= 0.6 is 22.9 Å². The first-order valence-electron chi connectivity index (χ1n) is 8.70. The lowest BCUT2D eigenvalue weighted by Crippen LogP contribution is -2.55. The quantitative estimate of drug-likeness (QED) is 0.800. The van der Waals surface area contributed by atoms with Crippen LogP contribution in [-0.2, 0) is 11.3 Å². The first kappa shape index (κ1) is 18.0.